The quantitative estimate of drug-likeness (QED) is 0.478. The van der Waals surface area contributed by atoms with Crippen LogP contribution in [-0.2, 0) is 0 Å². The third-order valence-corrected chi connectivity index (χ3v) is 7.66. The zero-order chi connectivity index (χ0) is 22.7. The van der Waals surface area contributed by atoms with Crippen LogP contribution in [0, 0.1) is 5.41 Å². The van der Waals surface area contributed by atoms with Gasteiger partial charge in [0.15, 0.2) is 5.65 Å². The van der Waals surface area contributed by atoms with Crippen molar-refractivity contribution in [1.29, 1.82) is 0 Å². The van der Waals surface area contributed by atoms with Gasteiger partial charge in [-0.1, -0.05) is 18.2 Å². The van der Waals surface area contributed by atoms with Crippen LogP contribution in [0.1, 0.15) is 18.9 Å². The molecule has 7 rings (SSSR count). The molecule has 0 unspecified atom stereocenters. The van der Waals surface area contributed by atoms with Crippen LogP contribution in [0.25, 0.3) is 22.3 Å². The lowest BCUT2D eigenvalue weighted by Crippen LogP contribution is -2.70. The molecule has 1 spiro atoms. The summed E-state index contributed by atoms with van der Waals surface area (Å²) >= 11 is 0. The lowest BCUT2D eigenvalue weighted by atomic mass is 9.60. The number of nitrogens with two attached hydrogens (primary N) is 1. The molecular weight excluding hydrogens is 426 g/mol. The Morgan fingerprint density at radius 2 is 1.65 bits per heavy atom. The standard InChI is InChI=1S/C26H27N7O/c27-24-22-23(17-6-8-21(9-7-17)34-20-4-2-1-3-5-20)31-33(25(22)30-16-29-24)18-10-26(11-18)14-32(15-26)19-12-28-13-19/h1-9,16,18-19,28H,10-15H2,(H2,27,29,30). The summed E-state index contributed by atoms with van der Waals surface area (Å²) in [6, 6.07) is 18.8. The Bertz CT molecular complexity index is 1330. The predicted octanol–water partition coefficient (Wildman–Crippen LogP) is 3.48. The molecule has 0 bridgehead atoms. The van der Waals surface area contributed by atoms with Crippen molar-refractivity contribution in [1.82, 2.24) is 30.0 Å². The van der Waals surface area contributed by atoms with Crippen LogP contribution in [0.4, 0.5) is 5.82 Å². The van der Waals surface area contributed by atoms with E-state index in [9.17, 15) is 0 Å². The van der Waals surface area contributed by atoms with Gasteiger partial charge in [-0.3, -0.25) is 4.90 Å². The first-order valence-corrected chi connectivity index (χ1v) is 11.9. The number of anilines is 1. The van der Waals surface area contributed by atoms with Crippen molar-refractivity contribution in [3.63, 3.8) is 0 Å². The fourth-order valence-corrected chi connectivity index (χ4v) is 5.73. The highest BCUT2D eigenvalue weighted by atomic mass is 16.5. The van der Waals surface area contributed by atoms with Crippen molar-refractivity contribution >= 4 is 16.9 Å². The number of hydrogen-bond donors (Lipinski definition) is 2. The van der Waals surface area contributed by atoms with E-state index >= 15 is 0 Å². The van der Waals surface area contributed by atoms with Crippen molar-refractivity contribution in [3.05, 3.63) is 60.9 Å². The van der Waals surface area contributed by atoms with E-state index in [1.807, 2.05) is 54.6 Å². The van der Waals surface area contributed by atoms with E-state index in [0.717, 1.165) is 65.8 Å². The van der Waals surface area contributed by atoms with Gasteiger partial charge in [0.25, 0.3) is 0 Å². The fraction of sp³-hybridized carbons (Fsp3) is 0.346. The van der Waals surface area contributed by atoms with Gasteiger partial charge in [-0.15, -0.1) is 0 Å². The molecule has 3 N–H and O–H groups in total. The van der Waals surface area contributed by atoms with Crippen LogP contribution in [0.3, 0.4) is 0 Å². The van der Waals surface area contributed by atoms with Gasteiger partial charge >= 0.3 is 0 Å². The van der Waals surface area contributed by atoms with E-state index in [4.69, 9.17) is 15.6 Å². The number of aromatic nitrogens is 4. The van der Waals surface area contributed by atoms with Crippen molar-refractivity contribution in [2.45, 2.75) is 24.9 Å². The number of nitrogens with one attached hydrogen (secondary N) is 1. The molecule has 2 aromatic heterocycles. The van der Waals surface area contributed by atoms with Crippen molar-refractivity contribution in [3.8, 4) is 22.8 Å². The highest BCUT2D eigenvalue weighted by molar-refractivity contribution is 5.98. The molecule has 1 saturated carbocycles. The lowest BCUT2D eigenvalue weighted by Gasteiger charge is -2.62. The summed E-state index contributed by atoms with van der Waals surface area (Å²) in [5.74, 6) is 2.06. The summed E-state index contributed by atoms with van der Waals surface area (Å²) in [5.41, 5.74) is 9.41. The number of benzene rings is 2. The summed E-state index contributed by atoms with van der Waals surface area (Å²) in [7, 11) is 0. The third-order valence-electron chi connectivity index (χ3n) is 7.66. The normalized spacial score (nSPS) is 20.1. The highest BCUT2D eigenvalue weighted by Gasteiger charge is 2.55. The van der Waals surface area contributed by atoms with Gasteiger partial charge in [-0.05, 0) is 54.7 Å². The lowest BCUT2D eigenvalue weighted by molar-refractivity contribution is -0.117. The monoisotopic (exact) mass is 453 g/mol. The summed E-state index contributed by atoms with van der Waals surface area (Å²) in [6.07, 6.45) is 3.83. The second kappa shape index (κ2) is 7.51. The minimum absolute atomic E-state index is 0.355. The molecule has 4 aromatic rings. The summed E-state index contributed by atoms with van der Waals surface area (Å²) in [4.78, 5) is 11.5. The number of likely N-dealkylation sites (tertiary alicyclic amines) is 1. The van der Waals surface area contributed by atoms with Crippen LogP contribution in [0.5, 0.6) is 11.5 Å². The molecule has 0 atom stereocenters. The second-order valence-corrected chi connectivity index (χ2v) is 9.97. The topological polar surface area (TPSA) is 94.1 Å². The minimum atomic E-state index is 0.355. The number of rotatable bonds is 5. The Kier molecular flexibility index (Phi) is 4.40. The highest BCUT2D eigenvalue weighted by Crippen LogP contribution is 2.55. The average molecular weight is 454 g/mol. The molecule has 2 aromatic carbocycles. The minimum Gasteiger partial charge on any atom is -0.457 e. The van der Waals surface area contributed by atoms with Gasteiger partial charge in [-0.25, -0.2) is 14.6 Å². The Balaban J connectivity index is 1.15. The maximum absolute atomic E-state index is 6.32. The van der Waals surface area contributed by atoms with E-state index < -0.39 is 0 Å². The molecule has 8 heteroatoms. The van der Waals surface area contributed by atoms with Gasteiger partial charge in [0.05, 0.1) is 11.4 Å². The molecule has 2 aliphatic heterocycles. The number of ether oxygens (including phenoxy) is 1. The van der Waals surface area contributed by atoms with Crippen LogP contribution in [0.2, 0.25) is 0 Å². The van der Waals surface area contributed by atoms with Crippen molar-refractivity contribution < 1.29 is 4.74 Å². The SMILES string of the molecule is Nc1ncnc2c1c(-c1ccc(Oc3ccccc3)cc1)nn2C1CC2(C1)CN(C1CNC1)C2. The molecule has 3 aliphatic rings. The summed E-state index contributed by atoms with van der Waals surface area (Å²) in [5, 5.41) is 9.24. The third kappa shape index (κ3) is 3.17. The number of fused-ring (bicyclic) bond motifs is 1. The van der Waals surface area contributed by atoms with Gasteiger partial charge in [0.2, 0.25) is 0 Å². The molecule has 0 amide bonds. The first-order valence-electron chi connectivity index (χ1n) is 11.9. The van der Waals surface area contributed by atoms with E-state index in [0.29, 0.717) is 17.3 Å². The zero-order valence-electron chi connectivity index (χ0n) is 18.9. The molecule has 172 valence electrons. The maximum Gasteiger partial charge on any atom is 0.164 e. The molecular formula is C26H27N7O. The van der Waals surface area contributed by atoms with Crippen LogP contribution in [-0.4, -0.2) is 56.9 Å². The van der Waals surface area contributed by atoms with Gasteiger partial charge in [0.1, 0.15) is 29.3 Å². The van der Waals surface area contributed by atoms with Crippen molar-refractivity contribution in [2.75, 3.05) is 31.9 Å². The number of nitrogen functional groups attached to an aromatic ring is 1. The smallest absolute Gasteiger partial charge is 0.164 e. The molecule has 3 fully saturated rings. The Morgan fingerprint density at radius 1 is 0.912 bits per heavy atom. The van der Waals surface area contributed by atoms with E-state index in [-0.39, 0.29) is 0 Å². The molecule has 4 heterocycles. The maximum atomic E-state index is 6.32. The van der Waals surface area contributed by atoms with Gasteiger partial charge in [0, 0.05) is 37.8 Å². The average Bonchev–Trinajstić information content (AvgIpc) is 3.15. The largest absolute Gasteiger partial charge is 0.457 e. The Hall–Kier alpha value is -3.49. The second-order valence-electron chi connectivity index (χ2n) is 9.97. The number of para-hydroxylation sites is 1. The number of hydrogen-bond acceptors (Lipinski definition) is 7. The van der Waals surface area contributed by atoms with E-state index in [1.54, 1.807) is 6.33 Å². The Labute approximate surface area is 197 Å². The van der Waals surface area contributed by atoms with Gasteiger partial charge < -0.3 is 15.8 Å². The fourth-order valence-electron chi connectivity index (χ4n) is 5.73. The summed E-state index contributed by atoms with van der Waals surface area (Å²) in [6.45, 7) is 4.69. The zero-order valence-corrected chi connectivity index (χ0v) is 18.9. The predicted molar refractivity (Wildman–Crippen MR) is 131 cm³/mol. The van der Waals surface area contributed by atoms with Crippen LogP contribution in [0.15, 0.2) is 60.9 Å². The first kappa shape index (κ1) is 19.9. The molecule has 0 radical (unpaired) electrons. The Morgan fingerprint density at radius 3 is 2.35 bits per heavy atom. The molecule has 2 saturated heterocycles. The van der Waals surface area contributed by atoms with Crippen molar-refractivity contribution in [2.24, 2.45) is 5.41 Å². The first-order chi connectivity index (χ1) is 16.7. The summed E-state index contributed by atoms with van der Waals surface area (Å²) < 4.78 is 8.04. The van der Waals surface area contributed by atoms with Crippen LogP contribution >= 0.6 is 0 Å². The van der Waals surface area contributed by atoms with E-state index in [2.05, 4.69) is 24.9 Å². The number of nitrogens with zero attached hydrogens (tertiary/aromatic N) is 5. The van der Waals surface area contributed by atoms with Crippen LogP contribution < -0.4 is 15.8 Å². The van der Waals surface area contributed by atoms with Gasteiger partial charge in [-0.2, -0.15) is 5.10 Å². The molecule has 34 heavy (non-hydrogen) atoms. The molecule has 8 nitrogen and oxygen atoms in total. The molecule has 1 aliphatic carbocycles. The van der Waals surface area contributed by atoms with E-state index in [1.165, 1.54) is 13.1 Å².